The van der Waals surface area contributed by atoms with E-state index in [4.69, 9.17) is 21.1 Å². The molecule has 2 aromatic carbocycles. The maximum atomic E-state index is 12.1. The van der Waals surface area contributed by atoms with Gasteiger partial charge < -0.3 is 14.8 Å². The minimum absolute atomic E-state index is 0.161. The Morgan fingerprint density at radius 2 is 1.81 bits per heavy atom. The van der Waals surface area contributed by atoms with Crippen LogP contribution in [0.4, 0.5) is 5.69 Å². The molecule has 0 spiro atoms. The van der Waals surface area contributed by atoms with E-state index in [1.165, 1.54) is 6.92 Å². The van der Waals surface area contributed by atoms with E-state index in [2.05, 4.69) is 5.32 Å². The summed E-state index contributed by atoms with van der Waals surface area (Å²) in [6.45, 7) is 3.99. The molecule has 0 saturated carbocycles. The zero-order valence-electron chi connectivity index (χ0n) is 14.8. The lowest BCUT2D eigenvalue weighted by molar-refractivity contribution is -0.153. The number of anilines is 1. The number of esters is 1. The molecule has 0 aliphatic heterocycles. The van der Waals surface area contributed by atoms with Gasteiger partial charge in [0.05, 0.1) is 17.3 Å². The summed E-state index contributed by atoms with van der Waals surface area (Å²) in [6.07, 6.45) is -0.275. The highest BCUT2D eigenvalue weighted by molar-refractivity contribution is 6.33. The largest absolute Gasteiger partial charge is 0.494 e. The Balaban J connectivity index is 1.85. The number of benzene rings is 2. The molecule has 2 aromatic rings. The van der Waals surface area contributed by atoms with Crippen molar-refractivity contribution in [1.82, 2.24) is 0 Å². The second-order valence-corrected chi connectivity index (χ2v) is 6.05. The van der Waals surface area contributed by atoms with Crippen LogP contribution in [0.3, 0.4) is 0 Å². The SMILES string of the molecule is CCOc1ccccc1CCC(=O)O[C@H](C)C(=O)Nc1ccccc1Cl. The van der Waals surface area contributed by atoms with Crippen molar-refractivity contribution in [3.8, 4) is 5.75 Å². The van der Waals surface area contributed by atoms with Gasteiger partial charge in [0.15, 0.2) is 6.10 Å². The Labute approximate surface area is 158 Å². The number of hydrogen-bond donors (Lipinski definition) is 1. The van der Waals surface area contributed by atoms with Crippen molar-refractivity contribution < 1.29 is 19.1 Å². The summed E-state index contributed by atoms with van der Waals surface area (Å²) in [5.41, 5.74) is 1.41. The fraction of sp³-hybridized carbons (Fsp3) is 0.300. The summed E-state index contributed by atoms with van der Waals surface area (Å²) in [5, 5.41) is 3.07. The van der Waals surface area contributed by atoms with Crippen LogP contribution in [0.2, 0.25) is 5.02 Å². The van der Waals surface area contributed by atoms with E-state index in [0.29, 0.717) is 23.7 Å². The molecule has 0 aromatic heterocycles. The van der Waals surface area contributed by atoms with Gasteiger partial charge in [0.25, 0.3) is 5.91 Å². The van der Waals surface area contributed by atoms with Crippen LogP contribution in [-0.4, -0.2) is 24.6 Å². The first-order chi connectivity index (χ1) is 12.5. The van der Waals surface area contributed by atoms with Crippen LogP contribution < -0.4 is 10.1 Å². The fourth-order valence-electron chi connectivity index (χ4n) is 2.35. The predicted octanol–water partition coefficient (Wildman–Crippen LogP) is 4.24. The molecule has 1 atom stereocenters. The number of hydrogen-bond acceptors (Lipinski definition) is 4. The minimum atomic E-state index is -0.916. The van der Waals surface area contributed by atoms with Crippen molar-refractivity contribution in [3.05, 3.63) is 59.1 Å². The minimum Gasteiger partial charge on any atom is -0.494 e. The summed E-state index contributed by atoms with van der Waals surface area (Å²) in [4.78, 5) is 24.2. The number of para-hydroxylation sites is 2. The molecule has 5 nitrogen and oxygen atoms in total. The van der Waals surface area contributed by atoms with Gasteiger partial charge in [-0.2, -0.15) is 0 Å². The highest BCUT2D eigenvalue weighted by atomic mass is 35.5. The van der Waals surface area contributed by atoms with Gasteiger partial charge in [-0.05, 0) is 44.0 Å². The quantitative estimate of drug-likeness (QED) is 0.701. The highest BCUT2D eigenvalue weighted by Gasteiger charge is 2.19. The molecule has 0 fully saturated rings. The molecule has 0 aliphatic carbocycles. The van der Waals surface area contributed by atoms with Gasteiger partial charge in [-0.25, -0.2) is 0 Å². The Hall–Kier alpha value is -2.53. The number of carbonyl (C=O) groups is 2. The first-order valence-corrected chi connectivity index (χ1v) is 8.84. The van der Waals surface area contributed by atoms with Crippen molar-refractivity contribution in [2.45, 2.75) is 32.8 Å². The third-order valence-corrected chi connectivity index (χ3v) is 4.01. The van der Waals surface area contributed by atoms with Crippen LogP contribution in [0.15, 0.2) is 48.5 Å². The summed E-state index contributed by atoms with van der Waals surface area (Å²) < 4.78 is 10.7. The molecule has 0 aliphatic rings. The van der Waals surface area contributed by atoms with Crippen LogP contribution >= 0.6 is 11.6 Å². The molecule has 1 N–H and O–H groups in total. The molecular formula is C20H22ClNO4. The van der Waals surface area contributed by atoms with Gasteiger partial charge >= 0.3 is 5.97 Å². The molecule has 0 radical (unpaired) electrons. The van der Waals surface area contributed by atoms with E-state index in [-0.39, 0.29) is 6.42 Å². The molecule has 1 amide bonds. The number of nitrogens with one attached hydrogen (secondary N) is 1. The lowest BCUT2D eigenvalue weighted by Crippen LogP contribution is -2.30. The number of halogens is 1. The molecule has 0 saturated heterocycles. The molecule has 138 valence electrons. The second-order valence-electron chi connectivity index (χ2n) is 5.64. The number of amides is 1. The normalized spacial score (nSPS) is 11.5. The maximum absolute atomic E-state index is 12.1. The van der Waals surface area contributed by atoms with Gasteiger partial charge in [0, 0.05) is 6.42 Å². The average molecular weight is 376 g/mol. The smallest absolute Gasteiger partial charge is 0.306 e. The third-order valence-electron chi connectivity index (χ3n) is 3.68. The second kappa shape index (κ2) is 9.82. The van der Waals surface area contributed by atoms with Gasteiger partial charge in [-0.1, -0.05) is 41.9 Å². The number of ether oxygens (including phenoxy) is 2. The highest BCUT2D eigenvalue weighted by Crippen LogP contribution is 2.21. The molecule has 0 heterocycles. The number of carbonyl (C=O) groups excluding carboxylic acids is 2. The topological polar surface area (TPSA) is 64.6 Å². The molecule has 6 heteroatoms. The summed E-state index contributed by atoms with van der Waals surface area (Å²) >= 11 is 6.00. The summed E-state index contributed by atoms with van der Waals surface area (Å²) in [5.74, 6) is -0.119. The van der Waals surface area contributed by atoms with Crippen molar-refractivity contribution >= 4 is 29.2 Å². The van der Waals surface area contributed by atoms with Crippen LogP contribution in [0, 0.1) is 0 Å². The van der Waals surface area contributed by atoms with Crippen LogP contribution in [0.5, 0.6) is 5.75 Å². The van der Waals surface area contributed by atoms with Crippen molar-refractivity contribution in [1.29, 1.82) is 0 Å². The molecule has 26 heavy (non-hydrogen) atoms. The Bertz CT molecular complexity index is 763. The molecular weight excluding hydrogens is 354 g/mol. The van der Waals surface area contributed by atoms with Crippen molar-refractivity contribution in [2.24, 2.45) is 0 Å². The van der Waals surface area contributed by atoms with Gasteiger partial charge in [-0.3, -0.25) is 9.59 Å². The van der Waals surface area contributed by atoms with E-state index < -0.39 is 18.0 Å². The average Bonchev–Trinajstić information content (AvgIpc) is 2.63. The van der Waals surface area contributed by atoms with E-state index >= 15 is 0 Å². The summed E-state index contributed by atoms with van der Waals surface area (Å²) in [7, 11) is 0. The lowest BCUT2D eigenvalue weighted by Gasteiger charge is -2.14. The first-order valence-electron chi connectivity index (χ1n) is 8.46. The maximum Gasteiger partial charge on any atom is 0.306 e. The lowest BCUT2D eigenvalue weighted by atomic mass is 10.1. The van der Waals surface area contributed by atoms with E-state index in [1.807, 2.05) is 31.2 Å². The Morgan fingerprint density at radius 3 is 2.54 bits per heavy atom. The monoisotopic (exact) mass is 375 g/mol. The van der Waals surface area contributed by atoms with Gasteiger partial charge in [0.2, 0.25) is 0 Å². The number of aryl methyl sites for hydroxylation is 1. The molecule has 0 bridgehead atoms. The van der Waals surface area contributed by atoms with E-state index in [0.717, 1.165) is 11.3 Å². The van der Waals surface area contributed by atoms with Gasteiger partial charge in [0.1, 0.15) is 5.75 Å². The predicted molar refractivity (Wildman–Crippen MR) is 102 cm³/mol. The first kappa shape index (κ1) is 19.8. The molecule has 2 rings (SSSR count). The zero-order chi connectivity index (χ0) is 18.9. The van der Waals surface area contributed by atoms with Crippen molar-refractivity contribution in [3.63, 3.8) is 0 Å². The Kier molecular flexibility index (Phi) is 7.48. The number of rotatable bonds is 8. The van der Waals surface area contributed by atoms with Crippen LogP contribution in [0.25, 0.3) is 0 Å². The van der Waals surface area contributed by atoms with E-state index in [9.17, 15) is 9.59 Å². The fourth-order valence-corrected chi connectivity index (χ4v) is 2.53. The summed E-state index contributed by atoms with van der Waals surface area (Å²) in [6, 6.07) is 14.4. The third kappa shape index (κ3) is 5.77. The molecule has 0 unspecified atom stereocenters. The standard InChI is InChI=1S/C20H22ClNO4/c1-3-25-18-11-7-4-8-15(18)12-13-19(23)26-14(2)20(24)22-17-10-6-5-9-16(17)21/h4-11,14H,3,12-13H2,1-2H3,(H,22,24)/t14-/m1/s1. The van der Waals surface area contributed by atoms with Crippen molar-refractivity contribution in [2.75, 3.05) is 11.9 Å². The van der Waals surface area contributed by atoms with Gasteiger partial charge in [-0.15, -0.1) is 0 Å². The van der Waals surface area contributed by atoms with E-state index in [1.54, 1.807) is 24.3 Å². The van der Waals surface area contributed by atoms with Crippen LogP contribution in [-0.2, 0) is 20.7 Å². The Morgan fingerprint density at radius 1 is 1.12 bits per heavy atom. The van der Waals surface area contributed by atoms with Crippen LogP contribution in [0.1, 0.15) is 25.8 Å². The zero-order valence-corrected chi connectivity index (χ0v) is 15.6.